The van der Waals surface area contributed by atoms with Crippen molar-refractivity contribution < 1.29 is 9.90 Å². The highest BCUT2D eigenvalue weighted by Gasteiger charge is 2.26. The molecule has 18 heavy (non-hydrogen) atoms. The van der Waals surface area contributed by atoms with Crippen LogP contribution in [0.4, 0.5) is 0 Å². The Hall–Kier alpha value is -0.610. The molecule has 0 bridgehead atoms. The summed E-state index contributed by atoms with van der Waals surface area (Å²) < 4.78 is 0. The van der Waals surface area contributed by atoms with E-state index >= 15 is 0 Å². The van der Waals surface area contributed by atoms with Gasteiger partial charge in [-0.15, -0.1) is 0 Å². The number of rotatable bonds is 6. The van der Waals surface area contributed by atoms with Crippen molar-refractivity contribution in [1.82, 2.24) is 5.32 Å². The normalized spacial score (nSPS) is 22.2. The van der Waals surface area contributed by atoms with Crippen LogP contribution in [0.3, 0.4) is 0 Å². The van der Waals surface area contributed by atoms with Crippen LogP contribution >= 0.6 is 0 Å². The lowest BCUT2D eigenvalue weighted by Crippen LogP contribution is -2.50. The van der Waals surface area contributed by atoms with Gasteiger partial charge in [-0.1, -0.05) is 32.6 Å². The molecule has 0 aromatic carbocycles. The van der Waals surface area contributed by atoms with Crippen molar-refractivity contribution in [2.45, 2.75) is 77.0 Å². The second-order valence-electron chi connectivity index (χ2n) is 5.59. The number of hydrogen-bond donors (Lipinski definition) is 3. The van der Waals surface area contributed by atoms with Crippen molar-refractivity contribution in [3.8, 4) is 0 Å². The number of amides is 1. The first kappa shape index (κ1) is 15.4. The van der Waals surface area contributed by atoms with Crippen LogP contribution in [0.15, 0.2) is 0 Å². The summed E-state index contributed by atoms with van der Waals surface area (Å²) in [5, 5.41) is 12.7. The van der Waals surface area contributed by atoms with Gasteiger partial charge >= 0.3 is 0 Å². The first-order valence-corrected chi connectivity index (χ1v) is 7.30. The zero-order chi connectivity index (χ0) is 13.5. The summed E-state index contributed by atoms with van der Waals surface area (Å²) in [5.41, 5.74) is 5.77. The Morgan fingerprint density at radius 2 is 2.00 bits per heavy atom. The quantitative estimate of drug-likeness (QED) is 0.675. The van der Waals surface area contributed by atoms with E-state index < -0.39 is 12.1 Å². The Kier molecular flexibility index (Phi) is 6.65. The molecule has 0 spiro atoms. The van der Waals surface area contributed by atoms with Gasteiger partial charge in [0.15, 0.2) is 0 Å². The molecule has 4 heteroatoms. The van der Waals surface area contributed by atoms with E-state index in [1.54, 1.807) is 0 Å². The summed E-state index contributed by atoms with van der Waals surface area (Å²) in [5.74, 6) is 0.242. The Balaban J connectivity index is 2.37. The fraction of sp³-hybridized carbons (Fsp3) is 0.929. The minimum atomic E-state index is -1.07. The highest BCUT2D eigenvalue weighted by atomic mass is 16.3. The molecule has 1 fully saturated rings. The average Bonchev–Trinajstić information content (AvgIpc) is 2.39. The maximum absolute atomic E-state index is 11.9. The predicted octanol–water partition coefficient (Wildman–Crippen LogP) is 1.56. The summed E-state index contributed by atoms with van der Waals surface area (Å²) >= 11 is 0. The first-order chi connectivity index (χ1) is 8.56. The van der Waals surface area contributed by atoms with Crippen LogP contribution in [0.25, 0.3) is 0 Å². The highest BCUT2D eigenvalue weighted by molar-refractivity contribution is 5.81. The van der Waals surface area contributed by atoms with Crippen LogP contribution in [0.5, 0.6) is 0 Å². The number of aliphatic hydroxyl groups is 1. The topological polar surface area (TPSA) is 75.3 Å². The number of aliphatic hydroxyl groups excluding tert-OH is 1. The van der Waals surface area contributed by atoms with E-state index in [-0.39, 0.29) is 11.9 Å². The third-order valence-electron chi connectivity index (χ3n) is 4.02. The van der Waals surface area contributed by atoms with Gasteiger partial charge in [0.05, 0.1) is 0 Å². The predicted molar refractivity (Wildman–Crippen MR) is 73.1 cm³/mol. The average molecular weight is 256 g/mol. The Labute approximate surface area is 110 Å². The molecule has 3 atom stereocenters. The lowest BCUT2D eigenvalue weighted by molar-refractivity contribution is -0.131. The van der Waals surface area contributed by atoms with Crippen molar-refractivity contribution in [2.75, 3.05) is 0 Å². The number of carbonyl (C=O) groups is 1. The van der Waals surface area contributed by atoms with Crippen LogP contribution < -0.4 is 11.1 Å². The zero-order valence-electron chi connectivity index (χ0n) is 11.7. The Morgan fingerprint density at radius 1 is 1.39 bits per heavy atom. The van der Waals surface area contributed by atoms with E-state index in [1.165, 1.54) is 32.1 Å². The minimum Gasteiger partial charge on any atom is -0.382 e. The SMILES string of the molecule is CCC[C@H](N)C(O)C(=O)N[C@@H](C)C1CCCCC1. The highest BCUT2D eigenvalue weighted by Crippen LogP contribution is 2.26. The molecule has 1 aliphatic carbocycles. The molecule has 1 unspecified atom stereocenters. The van der Waals surface area contributed by atoms with E-state index in [2.05, 4.69) is 5.32 Å². The van der Waals surface area contributed by atoms with Crippen LogP contribution in [0.2, 0.25) is 0 Å². The van der Waals surface area contributed by atoms with E-state index in [1.807, 2.05) is 13.8 Å². The van der Waals surface area contributed by atoms with Gasteiger partial charge in [0.25, 0.3) is 5.91 Å². The maximum atomic E-state index is 11.9. The smallest absolute Gasteiger partial charge is 0.250 e. The van der Waals surface area contributed by atoms with Gasteiger partial charge in [-0.3, -0.25) is 4.79 Å². The number of nitrogens with two attached hydrogens (primary N) is 1. The molecule has 4 N–H and O–H groups in total. The summed E-state index contributed by atoms with van der Waals surface area (Å²) in [6, 6.07) is -0.310. The van der Waals surface area contributed by atoms with Crippen LogP contribution in [0, 0.1) is 5.92 Å². The first-order valence-electron chi connectivity index (χ1n) is 7.30. The van der Waals surface area contributed by atoms with Gasteiger partial charge in [0, 0.05) is 12.1 Å². The molecule has 0 aromatic rings. The lowest BCUT2D eigenvalue weighted by Gasteiger charge is -2.29. The van der Waals surface area contributed by atoms with Gasteiger partial charge in [-0.25, -0.2) is 0 Å². The Morgan fingerprint density at radius 3 is 2.56 bits per heavy atom. The molecule has 0 saturated heterocycles. The van der Waals surface area contributed by atoms with E-state index in [4.69, 9.17) is 5.73 Å². The van der Waals surface area contributed by atoms with E-state index in [9.17, 15) is 9.90 Å². The van der Waals surface area contributed by atoms with Crippen LogP contribution in [0.1, 0.15) is 58.8 Å². The largest absolute Gasteiger partial charge is 0.382 e. The number of nitrogens with one attached hydrogen (secondary N) is 1. The molecule has 1 aliphatic rings. The molecule has 0 aliphatic heterocycles. The Bertz CT molecular complexity index is 252. The van der Waals surface area contributed by atoms with Crippen LogP contribution in [-0.2, 0) is 4.79 Å². The third-order valence-corrected chi connectivity index (χ3v) is 4.02. The summed E-state index contributed by atoms with van der Waals surface area (Å²) in [7, 11) is 0. The second-order valence-corrected chi connectivity index (χ2v) is 5.59. The monoisotopic (exact) mass is 256 g/mol. The van der Waals surface area contributed by atoms with Crippen molar-refractivity contribution >= 4 is 5.91 Å². The molecule has 1 amide bonds. The molecular weight excluding hydrogens is 228 g/mol. The number of carbonyl (C=O) groups excluding carboxylic acids is 1. The molecule has 4 nitrogen and oxygen atoms in total. The fourth-order valence-corrected chi connectivity index (χ4v) is 2.75. The third kappa shape index (κ3) is 4.58. The van der Waals surface area contributed by atoms with Crippen molar-refractivity contribution in [3.05, 3.63) is 0 Å². The second kappa shape index (κ2) is 7.74. The zero-order valence-corrected chi connectivity index (χ0v) is 11.7. The van der Waals surface area contributed by atoms with Gasteiger partial charge in [-0.2, -0.15) is 0 Å². The summed E-state index contributed by atoms with van der Waals surface area (Å²) in [4.78, 5) is 11.9. The molecule has 1 saturated carbocycles. The molecule has 106 valence electrons. The number of hydrogen-bond acceptors (Lipinski definition) is 3. The molecule has 0 heterocycles. The summed E-state index contributed by atoms with van der Waals surface area (Å²) in [6.07, 6.45) is 6.65. The van der Waals surface area contributed by atoms with E-state index in [0.717, 1.165) is 6.42 Å². The van der Waals surface area contributed by atoms with Gasteiger partial charge in [0.1, 0.15) is 6.10 Å². The fourth-order valence-electron chi connectivity index (χ4n) is 2.75. The molecule has 0 aromatic heterocycles. The minimum absolute atomic E-state index is 0.140. The maximum Gasteiger partial charge on any atom is 0.250 e. The molecular formula is C14H28N2O2. The van der Waals surface area contributed by atoms with Gasteiger partial charge < -0.3 is 16.2 Å². The van der Waals surface area contributed by atoms with Crippen LogP contribution in [-0.4, -0.2) is 29.2 Å². The van der Waals surface area contributed by atoms with E-state index in [0.29, 0.717) is 12.3 Å². The van der Waals surface area contributed by atoms with Crippen molar-refractivity contribution in [3.63, 3.8) is 0 Å². The summed E-state index contributed by atoms with van der Waals surface area (Å²) in [6.45, 7) is 4.03. The van der Waals surface area contributed by atoms with Crippen molar-refractivity contribution in [2.24, 2.45) is 11.7 Å². The standard InChI is InChI=1S/C14H28N2O2/c1-3-7-12(15)13(17)14(18)16-10(2)11-8-5-4-6-9-11/h10-13,17H,3-9,15H2,1-2H3,(H,16,18)/t10-,12-,13?/m0/s1. The van der Waals surface area contributed by atoms with Gasteiger partial charge in [-0.05, 0) is 32.1 Å². The molecule has 1 rings (SSSR count). The van der Waals surface area contributed by atoms with Gasteiger partial charge in [0.2, 0.25) is 0 Å². The molecule has 0 radical (unpaired) electrons. The van der Waals surface area contributed by atoms with Crippen molar-refractivity contribution in [1.29, 1.82) is 0 Å². The lowest BCUT2D eigenvalue weighted by atomic mass is 9.84.